The van der Waals surface area contributed by atoms with Crippen LogP contribution < -0.4 is 32.3 Å². The average molecular weight is 992 g/mol. The summed E-state index contributed by atoms with van der Waals surface area (Å²) in [6.45, 7) is 8.73. The number of nitrogens with zero attached hydrogens (tertiary/aromatic N) is 3. The molecule has 2 saturated heterocycles. The number of carbonyl (C=O) groups excluding carboxylic acids is 3. The fourth-order valence-corrected chi connectivity index (χ4v) is 14.5. The van der Waals surface area contributed by atoms with Crippen LogP contribution in [0.15, 0.2) is 95.3 Å². The van der Waals surface area contributed by atoms with Crippen molar-refractivity contribution >= 4 is 35.1 Å². The summed E-state index contributed by atoms with van der Waals surface area (Å²) in [5.41, 5.74) is 6.68. The highest BCUT2D eigenvalue weighted by molar-refractivity contribution is 6.33. The number of hydrogen-bond donors (Lipinski definition) is 6. The van der Waals surface area contributed by atoms with Gasteiger partial charge in [-0.1, -0.05) is 93.7 Å². The summed E-state index contributed by atoms with van der Waals surface area (Å²) in [7, 11) is 3.70. The van der Waals surface area contributed by atoms with Crippen LogP contribution in [0.5, 0.6) is 0 Å². The maximum atomic E-state index is 15.9. The van der Waals surface area contributed by atoms with Gasteiger partial charge in [-0.15, -0.1) is 0 Å². The summed E-state index contributed by atoms with van der Waals surface area (Å²) in [6, 6.07) is 13.7. The van der Waals surface area contributed by atoms with E-state index in [2.05, 4.69) is 98.8 Å². The summed E-state index contributed by atoms with van der Waals surface area (Å²) in [5.74, 6) is 1.15. The minimum Gasteiger partial charge on any atom is -0.463 e. The van der Waals surface area contributed by atoms with Gasteiger partial charge in [-0.3, -0.25) is 14.6 Å². The quantitative estimate of drug-likeness (QED) is 0.0334. The fourth-order valence-electron chi connectivity index (χ4n) is 14.5. The zero-order chi connectivity index (χ0) is 51.0. The molecule has 14 heteroatoms. The monoisotopic (exact) mass is 992 g/mol. The number of epoxide rings is 1. The number of Topliss-reactive ketones (excluding diaryl/α,β-unsaturated/α-hetero) is 2. The number of benzene rings is 1. The van der Waals surface area contributed by atoms with Crippen LogP contribution in [0.4, 0.5) is 11.6 Å². The third-order valence-electron chi connectivity index (χ3n) is 18.2. The van der Waals surface area contributed by atoms with Gasteiger partial charge in [-0.05, 0) is 142 Å². The van der Waals surface area contributed by atoms with Crippen molar-refractivity contribution in [2.75, 3.05) is 51.5 Å². The Kier molecular flexibility index (Phi) is 14.3. The lowest BCUT2D eigenvalue weighted by Gasteiger charge is -2.51. The molecule has 388 valence electrons. The van der Waals surface area contributed by atoms with Crippen LogP contribution in [0.3, 0.4) is 0 Å². The van der Waals surface area contributed by atoms with Crippen molar-refractivity contribution in [3.63, 3.8) is 0 Å². The molecular formula is C59H77N9O5. The van der Waals surface area contributed by atoms with Crippen LogP contribution in [-0.4, -0.2) is 91.2 Å². The second kappa shape index (κ2) is 20.5. The molecule has 3 aromatic rings. The molecule has 0 unspecified atom stereocenters. The van der Waals surface area contributed by atoms with E-state index in [0.29, 0.717) is 42.7 Å². The van der Waals surface area contributed by atoms with E-state index in [0.717, 1.165) is 124 Å². The Morgan fingerprint density at radius 1 is 1.00 bits per heavy atom. The van der Waals surface area contributed by atoms with Crippen molar-refractivity contribution in [3.8, 4) is 0 Å². The molecule has 8 atom stereocenters. The minimum atomic E-state index is -2.14. The second-order valence-corrected chi connectivity index (χ2v) is 22.6. The second-order valence-electron chi connectivity index (χ2n) is 22.6. The number of aromatic nitrogens is 2. The largest absolute Gasteiger partial charge is 0.463 e. The summed E-state index contributed by atoms with van der Waals surface area (Å²) < 4.78 is 13.2. The first kappa shape index (κ1) is 50.8. The Bertz CT molecular complexity index is 2710. The number of nitrogens with one attached hydrogen (secondary N) is 5. The molecule has 5 heterocycles. The van der Waals surface area contributed by atoms with Crippen molar-refractivity contribution in [3.05, 3.63) is 118 Å². The van der Waals surface area contributed by atoms with Gasteiger partial charge < -0.3 is 41.8 Å². The summed E-state index contributed by atoms with van der Waals surface area (Å²) in [6.07, 6.45) is 25.5. The lowest BCUT2D eigenvalue weighted by Crippen LogP contribution is -2.58. The van der Waals surface area contributed by atoms with Crippen LogP contribution in [0.1, 0.15) is 142 Å². The Hall–Kier alpha value is -5.70. The first-order valence-electron chi connectivity index (χ1n) is 27.3. The average Bonchev–Trinajstić information content (AvgIpc) is 3.95. The van der Waals surface area contributed by atoms with E-state index in [1.54, 1.807) is 13.1 Å². The van der Waals surface area contributed by atoms with Crippen LogP contribution in [-0.2, 0) is 32.6 Å². The maximum Gasteiger partial charge on any atom is 0.350 e. The molecule has 0 radical (unpaired) electrons. The standard InChI is InChI=1S/C59H77N9O5/c1-6-63-47-31-41-16-11-15-40-14-7-8-23-55(3,33-39-19-20-48(60)66-35-39)34-42-17-12-18-45-50(42)52(70)59(53(71)72-36-43(47)30-46(40)41)58(73-59,51(45)69)27-21-38(2)56(24-9-10-25-56)57(26-13-28-65-54(62-5)68-57)44-22-29-64-49(32-44)67-37-61-4/h11-12,16-22,29,31-32,35,40,43,46-47,61,63H,6-10,13-15,23-28,30,33-34,36-37H2,1-5H3,(H2,60,66)(H,64,67)(H2,62,65,68)/b38-21+/t40-,43-,46-,47-,55+,57-,58-,59-/m0/s1. The molecule has 1 spiro atoms. The van der Waals surface area contributed by atoms with E-state index in [1.165, 1.54) is 5.57 Å². The molecule has 7 aliphatic rings. The number of nitrogen functional groups attached to an aromatic ring is 1. The molecule has 4 aliphatic carbocycles. The van der Waals surface area contributed by atoms with Crippen LogP contribution >= 0.6 is 0 Å². The number of likely N-dealkylation sites (N-methyl/N-ethyl adjacent to an activating group) is 1. The van der Waals surface area contributed by atoms with E-state index >= 15 is 14.4 Å². The predicted octanol–water partition coefficient (Wildman–Crippen LogP) is 8.31. The van der Waals surface area contributed by atoms with Crippen molar-refractivity contribution in [1.82, 2.24) is 31.2 Å². The van der Waals surface area contributed by atoms with E-state index in [9.17, 15) is 0 Å². The Morgan fingerprint density at radius 3 is 2.62 bits per heavy atom. The number of allylic oxidation sites excluding steroid dienone is 3. The third kappa shape index (κ3) is 9.02. The van der Waals surface area contributed by atoms with Gasteiger partial charge in [0.05, 0.1) is 18.8 Å². The van der Waals surface area contributed by atoms with E-state index < -0.39 is 33.9 Å². The van der Waals surface area contributed by atoms with Crippen LogP contribution in [0.25, 0.3) is 0 Å². The Morgan fingerprint density at radius 2 is 1.84 bits per heavy atom. The number of pyridine rings is 2. The zero-order valence-electron chi connectivity index (χ0n) is 43.7. The highest BCUT2D eigenvalue weighted by Crippen LogP contribution is 2.62. The van der Waals surface area contributed by atoms with Crippen molar-refractivity contribution in [1.29, 1.82) is 0 Å². The SMILES string of the molecule is CCN[C@H]1C=C2C=CC[C@@H]3CCCC[C@](C)(Cc4ccc(N)nc4)Cc4cccc5c4C(=O)[C@]4(O[C@@]4(C/C=C(\C)C4([C@@]6(c7ccnc(NCNC)c7)CCCNC(=NC)N6)CCCC4)C5=O)C(=O)OC[C@@H]1C[C@H]23. The molecule has 0 amide bonds. The normalized spacial score (nSPS) is 32.6. The number of carbonyl (C=O) groups is 3. The lowest BCUT2D eigenvalue weighted by atomic mass is 9.59. The van der Waals surface area contributed by atoms with E-state index in [1.807, 2.05) is 43.7 Å². The number of cyclic esters (lactones) is 1. The van der Waals surface area contributed by atoms with Gasteiger partial charge in [-0.2, -0.15) is 0 Å². The first-order valence-corrected chi connectivity index (χ1v) is 27.3. The summed E-state index contributed by atoms with van der Waals surface area (Å²) in [4.78, 5) is 60.8. The molecule has 7 N–H and O–H groups in total. The third-order valence-corrected chi connectivity index (χ3v) is 18.2. The van der Waals surface area contributed by atoms with Gasteiger partial charge in [0, 0.05) is 60.9 Å². The first-order chi connectivity index (χ1) is 35.3. The number of ether oxygens (including phenoxy) is 2. The van der Waals surface area contributed by atoms with Gasteiger partial charge in [0.25, 0.3) is 5.60 Å². The summed E-state index contributed by atoms with van der Waals surface area (Å²) >= 11 is 0. The van der Waals surface area contributed by atoms with Gasteiger partial charge in [0.1, 0.15) is 11.6 Å². The number of rotatable bonds is 12. The molecule has 2 aromatic heterocycles. The van der Waals surface area contributed by atoms with E-state index in [-0.39, 0.29) is 41.7 Å². The molecular weight excluding hydrogens is 915 g/mol. The molecule has 10 rings (SSSR count). The number of hydrogen-bond acceptors (Lipinski definition) is 12. The molecule has 1 saturated carbocycles. The Labute approximate surface area is 431 Å². The van der Waals surface area contributed by atoms with Crippen molar-refractivity contribution in [2.45, 2.75) is 140 Å². The van der Waals surface area contributed by atoms with Crippen molar-refractivity contribution < 1.29 is 23.9 Å². The predicted molar refractivity (Wildman–Crippen MR) is 286 cm³/mol. The topological polar surface area (TPSA) is 197 Å². The highest BCUT2D eigenvalue weighted by Gasteiger charge is 2.85. The molecule has 1 aromatic carbocycles. The fraction of sp³-hybridized carbons (Fsp3) is 0.559. The Balaban J connectivity index is 1.07. The van der Waals surface area contributed by atoms with Crippen LogP contribution in [0, 0.1) is 28.6 Å². The molecule has 4 bridgehead atoms. The minimum absolute atomic E-state index is 0.0152. The number of ketones is 2. The zero-order valence-corrected chi connectivity index (χ0v) is 43.7. The number of aliphatic imine (C=N–C) groups is 1. The van der Waals surface area contributed by atoms with E-state index in [4.69, 9.17) is 15.2 Å². The van der Waals surface area contributed by atoms with Gasteiger partial charge >= 0.3 is 5.97 Å². The van der Waals surface area contributed by atoms with Gasteiger partial charge in [-0.25, -0.2) is 14.8 Å². The highest BCUT2D eigenvalue weighted by atomic mass is 16.7. The molecule has 3 aliphatic heterocycles. The lowest BCUT2D eigenvalue weighted by molar-refractivity contribution is -0.150. The molecule has 3 fully saturated rings. The molecule has 73 heavy (non-hydrogen) atoms. The smallest absolute Gasteiger partial charge is 0.350 e. The maximum absolute atomic E-state index is 15.9. The van der Waals surface area contributed by atoms with Gasteiger partial charge in [0.2, 0.25) is 5.78 Å². The number of guanidine groups is 1. The molecule has 14 nitrogen and oxygen atoms in total. The number of fused-ring (bicyclic) bond motifs is 1. The van der Waals surface area contributed by atoms with Crippen LogP contribution in [0.2, 0.25) is 0 Å². The summed E-state index contributed by atoms with van der Waals surface area (Å²) in [5, 5.41) is 17.7. The number of esters is 1. The van der Waals surface area contributed by atoms with Gasteiger partial charge in [0.15, 0.2) is 17.3 Å². The number of anilines is 2. The van der Waals surface area contributed by atoms with Crippen molar-refractivity contribution in [2.24, 2.45) is 33.6 Å². The number of nitrogens with two attached hydrogens (primary N) is 1.